The van der Waals surface area contributed by atoms with Crippen LogP contribution < -0.4 is 11.1 Å². The Balaban J connectivity index is 1.64. The summed E-state index contributed by atoms with van der Waals surface area (Å²) in [6.45, 7) is 4.34. The first-order valence-electron chi connectivity index (χ1n) is 10.8. The van der Waals surface area contributed by atoms with Gasteiger partial charge in [-0.3, -0.25) is 9.78 Å². The monoisotopic (exact) mass is 454 g/mol. The third-order valence-corrected chi connectivity index (χ3v) is 6.02. The number of halogens is 3. The van der Waals surface area contributed by atoms with E-state index < -0.39 is 34.6 Å². The number of carbonyl (C=O) groups is 1. The molecule has 2 atom stereocenters. The lowest BCUT2D eigenvalue weighted by molar-refractivity contribution is 0.102. The zero-order chi connectivity index (χ0) is 23.8. The van der Waals surface area contributed by atoms with Crippen LogP contribution >= 0.6 is 0 Å². The number of benzene rings is 1. The van der Waals surface area contributed by atoms with Crippen molar-refractivity contribution in [1.29, 1.82) is 0 Å². The number of anilines is 1. The lowest BCUT2D eigenvalue weighted by atomic mass is 9.68. The maximum absolute atomic E-state index is 14.4. The molecule has 1 amide bonds. The van der Waals surface area contributed by atoms with Crippen molar-refractivity contribution in [2.75, 3.05) is 5.32 Å². The number of nitrogens with one attached hydrogen (secondary N) is 1. The second kappa shape index (κ2) is 8.94. The predicted molar refractivity (Wildman–Crippen MR) is 120 cm³/mol. The molecule has 1 aliphatic rings. The smallest absolute Gasteiger partial charge is 0.274 e. The molecule has 0 saturated heterocycles. The lowest BCUT2D eigenvalue weighted by Gasteiger charge is -2.39. The van der Waals surface area contributed by atoms with Gasteiger partial charge in [0.15, 0.2) is 0 Å². The summed E-state index contributed by atoms with van der Waals surface area (Å²) >= 11 is 0. The molecule has 8 heteroatoms. The highest BCUT2D eigenvalue weighted by Crippen LogP contribution is 2.44. The van der Waals surface area contributed by atoms with Crippen molar-refractivity contribution in [3.05, 3.63) is 77.5 Å². The number of amides is 1. The number of nitrogens with zero attached hydrogens (tertiary/aromatic N) is 2. The Morgan fingerprint density at radius 1 is 1.06 bits per heavy atom. The number of pyridine rings is 2. The maximum Gasteiger partial charge on any atom is 0.274 e. The molecule has 3 aromatic rings. The Labute approximate surface area is 190 Å². The third kappa shape index (κ3) is 4.90. The summed E-state index contributed by atoms with van der Waals surface area (Å²) in [5.74, 6) is -3.38. The Kier molecular flexibility index (Phi) is 6.21. The zero-order valence-electron chi connectivity index (χ0n) is 18.4. The molecule has 33 heavy (non-hydrogen) atoms. The first kappa shape index (κ1) is 22.9. The molecular formula is C25H25F3N4O. The van der Waals surface area contributed by atoms with Crippen molar-refractivity contribution in [2.24, 2.45) is 11.1 Å². The summed E-state index contributed by atoms with van der Waals surface area (Å²) in [6.07, 6.45) is 5.81. The molecule has 172 valence electrons. The van der Waals surface area contributed by atoms with Crippen molar-refractivity contribution in [1.82, 2.24) is 9.97 Å². The van der Waals surface area contributed by atoms with E-state index in [1.54, 1.807) is 12.4 Å². The molecular weight excluding hydrogens is 429 g/mol. The van der Waals surface area contributed by atoms with Gasteiger partial charge < -0.3 is 11.1 Å². The average Bonchev–Trinajstić information content (AvgIpc) is 2.73. The zero-order valence-corrected chi connectivity index (χ0v) is 18.4. The Bertz CT molecular complexity index is 1180. The van der Waals surface area contributed by atoms with Crippen molar-refractivity contribution < 1.29 is 18.0 Å². The van der Waals surface area contributed by atoms with Gasteiger partial charge in [0.05, 0.1) is 17.4 Å². The van der Waals surface area contributed by atoms with Gasteiger partial charge in [0.2, 0.25) is 0 Å². The van der Waals surface area contributed by atoms with E-state index in [-0.39, 0.29) is 23.1 Å². The quantitative estimate of drug-likeness (QED) is 0.551. The summed E-state index contributed by atoms with van der Waals surface area (Å²) < 4.78 is 42.7. The molecule has 5 nitrogen and oxygen atoms in total. The SMILES string of the molecule is CC1(C)C[C@H](N)C[C@H](c2ccncc2NC(=O)c2ccc(F)c(-c3c(F)cccc3F)n2)C1. The van der Waals surface area contributed by atoms with Crippen LogP contribution in [0.5, 0.6) is 0 Å². The van der Waals surface area contributed by atoms with Crippen molar-refractivity contribution in [2.45, 2.75) is 45.1 Å². The summed E-state index contributed by atoms with van der Waals surface area (Å²) in [5.41, 5.74) is 6.39. The number of hydrogen-bond acceptors (Lipinski definition) is 4. The van der Waals surface area contributed by atoms with E-state index in [1.807, 2.05) is 6.07 Å². The van der Waals surface area contributed by atoms with Crippen LogP contribution in [0.4, 0.5) is 18.9 Å². The minimum Gasteiger partial charge on any atom is -0.328 e. The summed E-state index contributed by atoms with van der Waals surface area (Å²) in [6, 6.07) is 7.22. The van der Waals surface area contributed by atoms with Gasteiger partial charge in [-0.25, -0.2) is 18.2 Å². The van der Waals surface area contributed by atoms with Gasteiger partial charge in [-0.15, -0.1) is 0 Å². The standard InChI is InChI=1S/C25H25F3N4O/c1-25(2)11-14(10-15(29)12-25)16-8-9-30-13-21(16)32-24(33)20-7-6-19(28)23(31-20)22-17(26)4-3-5-18(22)27/h3-9,13-15H,10-12,29H2,1-2H3,(H,32,33)/t14-,15+/m0/s1. The molecule has 0 bridgehead atoms. The second-order valence-corrected chi connectivity index (χ2v) is 9.31. The van der Waals surface area contributed by atoms with Crippen LogP contribution in [0.25, 0.3) is 11.3 Å². The van der Waals surface area contributed by atoms with Gasteiger partial charge in [-0.05, 0) is 66.5 Å². The molecule has 2 heterocycles. The molecule has 1 aliphatic carbocycles. The van der Waals surface area contributed by atoms with Crippen molar-refractivity contribution >= 4 is 11.6 Å². The van der Waals surface area contributed by atoms with Crippen LogP contribution in [0.3, 0.4) is 0 Å². The van der Waals surface area contributed by atoms with E-state index in [1.165, 1.54) is 12.1 Å². The van der Waals surface area contributed by atoms with Crippen molar-refractivity contribution in [3.63, 3.8) is 0 Å². The van der Waals surface area contributed by atoms with Gasteiger partial charge in [-0.2, -0.15) is 0 Å². The topological polar surface area (TPSA) is 80.9 Å². The van der Waals surface area contributed by atoms with E-state index in [9.17, 15) is 18.0 Å². The molecule has 4 rings (SSSR count). The summed E-state index contributed by atoms with van der Waals surface area (Å²) in [4.78, 5) is 21.0. The van der Waals surface area contributed by atoms with Crippen molar-refractivity contribution in [3.8, 4) is 11.3 Å². The van der Waals surface area contributed by atoms with Gasteiger partial charge in [0.25, 0.3) is 5.91 Å². The Hall–Kier alpha value is -3.26. The maximum atomic E-state index is 14.4. The predicted octanol–water partition coefficient (Wildman–Crippen LogP) is 5.43. The fourth-order valence-electron chi connectivity index (χ4n) is 4.75. The molecule has 0 radical (unpaired) electrons. The largest absolute Gasteiger partial charge is 0.328 e. The Morgan fingerprint density at radius 2 is 1.79 bits per heavy atom. The second-order valence-electron chi connectivity index (χ2n) is 9.31. The molecule has 0 aliphatic heterocycles. The number of nitrogens with two attached hydrogens (primary N) is 1. The van der Waals surface area contributed by atoms with E-state index >= 15 is 0 Å². The Morgan fingerprint density at radius 3 is 2.48 bits per heavy atom. The highest BCUT2D eigenvalue weighted by Gasteiger charge is 2.34. The highest BCUT2D eigenvalue weighted by atomic mass is 19.1. The first-order chi connectivity index (χ1) is 15.6. The summed E-state index contributed by atoms with van der Waals surface area (Å²) in [7, 11) is 0. The van der Waals surface area contributed by atoms with Crippen LogP contribution in [0.2, 0.25) is 0 Å². The minimum atomic E-state index is -0.968. The van der Waals surface area contributed by atoms with E-state index in [4.69, 9.17) is 5.73 Å². The molecule has 1 fully saturated rings. The van der Waals surface area contributed by atoms with Gasteiger partial charge in [0, 0.05) is 12.2 Å². The van der Waals surface area contributed by atoms with Crippen LogP contribution in [0.15, 0.2) is 48.8 Å². The highest BCUT2D eigenvalue weighted by molar-refractivity contribution is 6.03. The number of hydrogen-bond donors (Lipinski definition) is 2. The molecule has 2 aromatic heterocycles. The van der Waals surface area contributed by atoms with Crippen LogP contribution in [0, 0.1) is 22.9 Å². The van der Waals surface area contributed by atoms with Crippen LogP contribution in [-0.4, -0.2) is 21.9 Å². The third-order valence-electron chi connectivity index (χ3n) is 6.02. The number of aromatic nitrogens is 2. The van der Waals surface area contributed by atoms with E-state index in [2.05, 4.69) is 29.1 Å². The normalized spacial score (nSPS) is 19.8. The minimum absolute atomic E-state index is 0.0486. The molecule has 0 spiro atoms. The molecule has 0 unspecified atom stereocenters. The van der Waals surface area contributed by atoms with Gasteiger partial charge >= 0.3 is 0 Å². The molecule has 3 N–H and O–H groups in total. The lowest BCUT2D eigenvalue weighted by Crippen LogP contribution is -2.36. The fraction of sp³-hybridized carbons (Fsp3) is 0.320. The molecule has 1 saturated carbocycles. The van der Waals surface area contributed by atoms with Gasteiger partial charge in [-0.1, -0.05) is 19.9 Å². The van der Waals surface area contributed by atoms with E-state index in [0.29, 0.717) is 5.69 Å². The molecule has 1 aromatic carbocycles. The summed E-state index contributed by atoms with van der Waals surface area (Å²) in [5, 5.41) is 2.78. The van der Waals surface area contributed by atoms with Crippen LogP contribution in [-0.2, 0) is 0 Å². The fourth-order valence-corrected chi connectivity index (χ4v) is 4.75. The number of rotatable bonds is 4. The number of carbonyl (C=O) groups excluding carboxylic acids is 1. The van der Waals surface area contributed by atoms with Gasteiger partial charge in [0.1, 0.15) is 28.8 Å². The average molecular weight is 454 g/mol. The van der Waals surface area contributed by atoms with Crippen LogP contribution in [0.1, 0.15) is 55.1 Å². The van der Waals surface area contributed by atoms with E-state index in [0.717, 1.165) is 43.0 Å². The first-order valence-corrected chi connectivity index (χ1v) is 10.8.